The SMILES string of the molecule is O=C(N[C@@H]1CCCC[C@H]1N1Cc2ccc(-c3nnc(C(F)F)o3)cc2C1=O)C1CCC1. The summed E-state index contributed by atoms with van der Waals surface area (Å²) in [7, 11) is 0. The summed E-state index contributed by atoms with van der Waals surface area (Å²) in [5.74, 6) is -0.659. The van der Waals surface area contributed by atoms with Gasteiger partial charge in [0.25, 0.3) is 11.8 Å². The molecule has 0 saturated heterocycles. The Morgan fingerprint density at radius 3 is 2.65 bits per heavy atom. The van der Waals surface area contributed by atoms with Gasteiger partial charge in [0, 0.05) is 29.6 Å². The van der Waals surface area contributed by atoms with E-state index in [1.54, 1.807) is 18.2 Å². The average molecular weight is 430 g/mol. The summed E-state index contributed by atoms with van der Waals surface area (Å²) < 4.78 is 30.5. The van der Waals surface area contributed by atoms with Crippen LogP contribution in [0.2, 0.25) is 0 Å². The minimum atomic E-state index is -2.84. The maximum absolute atomic E-state index is 13.3. The van der Waals surface area contributed by atoms with Gasteiger partial charge in [-0.05, 0) is 43.4 Å². The maximum atomic E-state index is 13.3. The van der Waals surface area contributed by atoms with Crippen LogP contribution in [0, 0.1) is 5.92 Å². The van der Waals surface area contributed by atoms with Crippen LogP contribution in [-0.4, -0.2) is 39.0 Å². The molecule has 2 heterocycles. The van der Waals surface area contributed by atoms with Gasteiger partial charge in [-0.3, -0.25) is 9.59 Å². The molecule has 2 aliphatic carbocycles. The van der Waals surface area contributed by atoms with Crippen molar-refractivity contribution in [2.45, 2.75) is 70.0 Å². The van der Waals surface area contributed by atoms with Crippen LogP contribution in [0.5, 0.6) is 0 Å². The second-order valence-corrected chi connectivity index (χ2v) is 8.65. The number of rotatable bonds is 5. The highest BCUT2D eigenvalue weighted by atomic mass is 19.3. The van der Waals surface area contributed by atoms with Gasteiger partial charge in [-0.2, -0.15) is 8.78 Å². The number of hydrogen-bond acceptors (Lipinski definition) is 5. The Hall–Kier alpha value is -2.84. The van der Waals surface area contributed by atoms with E-state index in [2.05, 4.69) is 15.5 Å². The predicted octanol–water partition coefficient (Wildman–Crippen LogP) is 3.86. The van der Waals surface area contributed by atoms with E-state index in [1.807, 2.05) is 4.90 Å². The summed E-state index contributed by atoms with van der Waals surface area (Å²) in [6, 6.07) is 5.05. The summed E-state index contributed by atoms with van der Waals surface area (Å²) in [4.78, 5) is 27.6. The number of amides is 2. The third kappa shape index (κ3) is 3.70. The van der Waals surface area contributed by atoms with E-state index < -0.39 is 12.3 Å². The largest absolute Gasteiger partial charge is 0.415 e. The Morgan fingerprint density at radius 1 is 1.13 bits per heavy atom. The highest BCUT2D eigenvalue weighted by molar-refractivity contribution is 5.99. The van der Waals surface area contributed by atoms with Crippen LogP contribution >= 0.6 is 0 Å². The normalized spacial score (nSPS) is 23.7. The van der Waals surface area contributed by atoms with E-state index in [0.717, 1.165) is 50.5 Å². The molecule has 1 aliphatic heterocycles. The van der Waals surface area contributed by atoms with Gasteiger partial charge in [-0.25, -0.2) is 0 Å². The van der Waals surface area contributed by atoms with Crippen molar-refractivity contribution in [1.82, 2.24) is 20.4 Å². The van der Waals surface area contributed by atoms with Gasteiger partial charge in [0.2, 0.25) is 11.8 Å². The Labute approximate surface area is 178 Å². The fourth-order valence-electron chi connectivity index (χ4n) is 4.79. The van der Waals surface area contributed by atoms with Crippen molar-refractivity contribution in [1.29, 1.82) is 0 Å². The van der Waals surface area contributed by atoms with E-state index in [0.29, 0.717) is 17.7 Å². The summed E-state index contributed by atoms with van der Waals surface area (Å²) in [5.41, 5.74) is 1.83. The molecular formula is C22H24F2N4O3. The lowest BCUT2D eigenvalue weighted by Gasteiger charge is -2.39. The predicted molar refractivity (Wildman–Crippen MR) is 106 cm³/mol. The van der Waals surface area contributed by atoms with Gasteiger partial charge in [-0.1, -0.05) is 25.3 Å². The average Bonchev–Trinajstić information content (AvgIpc) is 3.32. The number of aromatic nitrogens is 2. The second-order valence-electron chi connectivity index (χ2n) is 8.65. The maximum Gasteiger partial charge on any atom is 0.314 e. The fraction of sp³-hybridized carbons (Fsp3) is 0.545. The zero-order valence-electron chi connectivity index (χ0n) is 17.0. The molecule has 9 heteroatoms. The number of fused-ring (bicyclic) bond motifs is 1. The molecule has 164 valence electrons. The molecule has 31 heavy (non-hydrogen) atoms. The van der Waals surface area contributed by atoms with Crippen LogP contribution in [-0.2, 0) is 11.3 Å². The number of nitrogens with one attached hydrogen (secondary N) is 1. The number of halogens is 2. The molecule has 0 radical (unpaired) electrons. The highest BCUT2D eigenvalue weighted by Gasteiger charge is 2.39. The van der Waals surface area contributed by atoms with E-state index in [-0.39, 0.29) is 35.7 Å². The Morgan fingerprint density at radius 2 is 1.94 bits per heavy atom. The molecule has 0 spiro atoms. The van der Waals surface area contributed by atoms with Crippen molar-refractivity contribution in [3.8, 4) is 11.5 Å². The fourth-order valence-corrected chi connectivity index (χ4v) is 4.79. The van der Waals surface area contributed by atoms with Crippen molar-refractivity contribution in [2.24, 2.45) is 5.92 Å². The van der Waals surface area contributed by atoms with Gasteiger partial charge in [0.05, 0.1) is 6.04 Å². The van der Waals surface area contributed by atoms with Gasteiger partial charge < -0.3 is 14.6 Å². The smallest absolute Gasteiger partial charge is 0.314 e. The standard InChI is InChI=1S/C22H24F2N4O3/c23-18(24)21-27-26-20(31-21)13-8-9-14-11-28(22(30)15(14)10-13)17-7-2-1-6-16(17)25-19(29)12-4-3-5-12/h8-10,12,16-18H,1-7,11H2,(H,25,29)/t16-,17-/m1/s1. The minimum Gasteiger partial charge on any atom is -0.415 e. The molecule has 2 fully saturated rings. The molecule has 5 rings (SSSR count). The monoisotopic (exact) mass is 430 g/mol. The molecule has 2 aromatic rings. The topological polar surface area (TPSA) is 88.3 Å². The molecule has 0 unspecified atom stereocenters. The summed E-state index contributed by atoms with van der Waals surface area (Å²) >= 11 is 0. The molecule has 2 saturated carbocycles. The Bertz CT molecular complexity index is 1000. The van der Waals surface area contributed by atoms with Crippen molar-refractivity contribution in [3.05, 3.63) is 35.2 Å². The third-order valence-electron chi connectivity index (χ3n) is 6.75. The van der Waals surface area contributed by atoms with Crippen molar-refractivity contribution >= 4 is 11.8 Å². The first kappa shape index (κ1) is 20.1. The quantitative estimate of drug-likeness (QED) is 0.778. The number of benzene rings is 1. The number of carbonyl (C=O) groups excluding carboxylic acids is 2. The number of carbonyl (C=O) groups is 2. The van der Waals surface area contributed by atoms with E-state index in [1.165, 1.54) is 0 Å². The molecule has 1 aromatic heterocycles. The highest BCUT2D eigenvalue weighted by Crippen LogP contribution is 2.34. The van der Waals surface area contributed by atoms with Crippen LogP contribution in [0.25, 0.3) is 11.5 Å². The van der Waals surface area contributed by atoms with Crippen LogP contribution < -0.4 is 5.32 Å². The van der Waals surface area contributed by atoms with Crippen LogP contribution in [0.4, 0.5) is 8.78 Å². The lowest BCUT2D eigenvalue weighted by Crippen LogP contribution is -2.54. The Kier molecular flexibility index (Phi) is 5.19. The minimum absolute atomic E-state index is 0.0346. The zero-order valence-corrected chi connectivity index (χ0v) is 17.0. The third-order valence-corrected chi connectivity index (χ3v) is 6.75. The number of hydrogen-bond donors (Lipinski definition) is 1. The first-order valence-corrected chi connectivity index (χ1v) is 10.9. The zero-order chi connectivity index (χ0) is 21.5. The van der Waals surface area contributed by atoms with Crippen molar-refractivity contribution in [2.75, 3.05) is 0 Å². The summed E-state index contributed by atoms with van der Waals surface area (Å²) in [5, 5.41) is 10.2. The van der Waals surface area contributed by atoms with Gasteiger partial charge >= 0.3 is 6.43 Å². The van der Waals surface area contributed by atoms with E-state index in [9.17, 15) is 18.4 Å². The van der Waals surface area contributed by atoms with Crippen LogP contribution in [0.3, 0.4) is 0 Å². The number of alkyl halides is 2. The van der Waals surface area contributed by atoms with Crippen LogP contribution in [0.1, 0.15) is 73.2 Å². The van der Waals surface area contributed by atoms with Gasteiger partial charge in [0.15, 0.2) is 0 Å². The van der Waals surface area contributed by atoms with Crippen molar-refractivity contribution in [3.63, 3.8) is 0 Å². The second kappa shape index (κ2) is 8.01. The van der Waals surface area contributed by atoms with Gasteiger partial charge in [-0.15, -0.1) is 10.2 Å². The lowest BCUT2D eigenvalue weighted by atomic mass is 9.83. The Balaban J connectivity index is 1.35. The van der Waals surface area contributed by atoms with Crippen LogP contribution in [0.15, 0.2) is 22.6 Å². The molecule has 3 aliphatic rings. The molecule has 1 aromatic carbocycles. The molecular weight excluding hydrogens is 406 g/mol. The van der Waals surface area contributed by atoms with Crippen molar-refractivity contribution < 1.29 is 22.8 Å². The van der Waals surface area contributed by atoms with Gasteiger partial charge in [0.1, 0.15) is 0 Å². The molecule has 7 nitrogen and oxygen atoms in total. The number of nitrogens with zero attached hydrogens (tertiary/aromatic N) is 3. The first-order chi connectivity index (χ1) is 15.0. The molecule has 0 bridgehead atoms. The molecule has 2 atom stereocenters. The lowest BCUT2D eigenvalue weighted by molar-refractivity contribution is -0.128. The summed E-state index contributed by atoms with van der Waals surface area (Å²) in [6.45, 7) is 0.473. The van der Waals surface area contributed by atoms with E-state index in [4.69, 9.17) is 4.42 Å². The molecule has 2 amide bonds. The first-order valence-electron chi connectivity index (χ1n) is 10.9. The molecule has 1 N–H and O–H groups in total. The summed E-state index contributed by atoms with van der Waals surface area (Å²) in [6.07, 6.45) is 3.93. The van der Waals surface area contributed by atoms with E-state index >= 15 is 0 Å².